The number of likely N-dealkylation sites (tertiary alicyclic amines) is 1. The highest BCUT2D eigenvalue weighted by Gasteiger charge is 2.28. The molecule has 0 aromatic carbocycles. The minimum Gasteiger partial charge on any atom is -0.467 e. The summed E-state index contributed by atoms with van der Waals surface area (Å²) in [6.45, 7) is 5.45. The number of hydrogen-bond donors (Lipinski definition) is 2. The predicted molar refractivity (Wildman–Crippen MR) is 79.3 cm³/mol. The highest BCUT2D eigenvalue weighted by Crippen LogP contribution is 2.30. The number of methoxy groups -OCH3 is 1. The third-order valence-corrected chi connectivity index (χ3v) is 3.89. The molecular formula is C13H24N6O. The lowest BCUT2D eigenvalue weighted by Gasteiger charge is -2.37. The molecule has 112 valence electrons. The summed E-state index contributed by atoms with van der Waals surface area (Å²) in [5.41, 5.74) is 0.284. The van der Waals surface area contributed by atoms with E-state index in [1.165, 1.54) is 12.8 Å². The van der Waals surface area contributed by atoms with Crippen LogP contribution in [0.15, 0.2) is 0 Å². The molecule has 1 aromatic heterocycles. The van der Waals surface area contributed by atoms with Gasteiger partial charge in [0.15, 0.2) is 0 Å². The number of aromatic nitrogens is 3. The van der Waals surface area contributed by atoms with Crippen molar-refractivity contribution < 1.29 is 4.74 Å². The fraction of sp³-hybridized carbons (Fsp3) is 0.769. The van der Waals surface area contributed by atoms with Crippen molar-refractivity contribution in [1.29, 1.82) is 0 Å². The van der Waals surface area contributed by atoms with Gasteiger partial charge in [0.2, 0.25) is 11.9 Å². The Morgan fingerprint density at radius 1 is 1.20 bits per heavy atom. The van der Waals surface area contributed by atoms with E-state index in [0.29, 0.717) is 17.9 Å². The molecule has 1 saturated heterocycles. The van der Waals surface area contributed by atoms with E-state index in [1.807, 2.05) is 0 Å². The van der Waals surface area contributed by atoms with E-state index in [1.54, 1.807) is 14.2 Å². The third kappa shape index (κ3) is 3.69. The van der Waals surface area contributed by atoms with Gasteiger partial charge in [-0.25, -0.2) is 0 Å². The highest BCUT2D eigenvalue weighted by molar-refractivity contribution is 5.35. The van der Waals surface area contributed by atoms with Crippen molar-refractivity contribution in [2.24, 2.45) is 5.41 Å². The number of nitrogens with one attached hydrogen (secondary N) is 2. The van der Waals surface area contributed by atoms with E-state index in [9.17, 15) is 0 Å². The molecule has 0 aliphatic carbocycles. The Kier molecular flexibility index (Phi) is 4.59. The molecule has 0 radical (unpaired) electrons. The zero-order valence-corrected chi connectivity index (χ0v) is 12.7. The molecule has 0 amide bonds. The van der Waals surface area contributed by atoms with E-state index in [0.717, 1.165) is 19.6 Å². The maximum absolute atomic E-state index is 5.08. The Bertz CT molecular complexity index is 422. The summed E-state index contributed by atoms with van der Waals surface area (Å²) in [5, 5.41) is 6.22. The number of anilines is 2. The second-order valence-electron chi connectivity index (χ2n) is 5.69. The van der Waals surface area contributed by atoms with E-state index < -0.39 is 0 Å². The SMILES string of the molecule is CNc1nc(NCC2(C)CCN(C)CC2)nc(OC)n1. The predicted octanol–water partition coefficient (Wildman–Crippen LogP) is 1.07. The van der Waals surface area contributed by atoms with Crippen LogP contribution in [0.5, 0.6) is 6.01 Å². The van der Waals surface area contributed by atoms with Gasteiger partial charge in [0.05, 0.1) is 7.11 Å². The van der Waals surface area contributed by atoms with Gasteiger partial charge in [-0.3, -0.25) is 0 Å². The maximum Gasteiger partial charge on any atom is 0.322 e. The topological polar surface area (TPSA) is 75.2 Å². The first-order chi connectivity index (χ1) is 9.54. The first-order valence-electron chi connectivity index (χ1n) is 6.95. The number of hydrogen-bond acceptors (Lipinski definition) is 7. The standard InChI is InChI=1S/C13H24N6O/c1-13(5-7-19(3)8-6-13)9-15-11-16-10(14-2)17-12(18-11)20-4/h5-9H2,1-4H3,(H2,14,15,16,17,18). The molecule has 0 unspecified atom stereocenters. The molecule has 2 rings (SSSR count). The summed E-state index contributed by atoms with van der Waals surface area (Å²) in [4.78, 5) is 15.0. The van der Waals surface area contributed by atoms with Crippen LogP contribution in [0.2, 0.25) is 0 Å². The summed E-state index contributed by atoms with van der Waals surface area (Å²) >= 11 is 0. The molecule has 7 nitrogen and oxygen atoms in total. The quantitative estimate of drug-likeness (QED) is 0.835. The fourth-order valence-corrected chi connectivity index (χ4v) is 2.27. The summed E-state index contributed by atoms with van der Waals surface area (Å²) < 4.78 is 5.08. The fourth-order valence-electron chi connectivity index (χ4n) is 2.27. The monoisotopic (exact) mass is 280 g/mol. The van der Waals surface area contributed by atoms with Crippen molar-refractivity contribution in [1.82, 2.24) is 19.9 Å². The van der Waals surface area contributed by atoms with Crippen molar-refractivity contribution in [3.63, 3.8) is 0 Å². The molecule has 1 aromatic rings. The van der Waals surface area contributed by atoms with E-state index in [2.05, 4.69) is 44.5 Å². The lowest BCUT2D eigenvalue weighted by molar-refractivity contribution is 0.150. The van der Waals surface area contributed by atoms with Crippen molar-refractivity contribution in [3.05, 3.63) is 0 Å². The van der Waals surface area contributed by atoms with Crippen LogP contribution in [0.25, 0.3) is 0 Å². The van der Waals surface area contributed by atoms with Gasteiger partial charge in [-0.1, -0.05) is 6.92 Å². The first-order valence-corrected chi connectivity index (χ1v) is 6.95. The van der Waals surface area contributed by atoms with Crippen LogP contribution in [0.4, 0.5) is 11.9 Å². The van der Waals surface area contributed by atoms with Gasteiger partial charge in [0.1, 0.15) is 0 Å². The number of ether oxygens (including phenoxy) is 1. The highest BCUT2D eigenvalue weighted by atomic mass is 16.5. The minimum absolute atomic E-state index is 0.284. The second kappa shape index (κ2) is 6.21. The van der Waals surface area contributed by atoms with Crippen molar-refractivity contribution in [2.45, 2.75) is 19.8 Å². The summed E-state index contributed by atoms with van der Waals surface area (Å²) in [6.07, 6.45) is 2.36. The van der Waals surface area contributed by atoms with Crippen molar-refractivity contribution >= 4 is 11.9 Å². The minimum atomic E-state index is 0.284. The van der Waals surface area contributed by atoms with E-state index in [4.69, 9.17) is 4.74 Å². The average molecular weight is 280 g/mol. The Morgan fingerprint density at radius 3 is 2.45 bits per heavy atom. The summed E-state index contributed by atoms with van der Waals surface area (Å²) in [5.74, 6) is 1.06. The normalized spacial score (nSPS) is 18.6. The second-order valence-corrected chi connectivity index (χ2v) is 5.69. The third-order valence-electron chi connectivity index (χ3n) is 3.89. The molecule has 1 fully saturated rings. The lowest BCUT2D eigenvalue weighted by Crippen LogP contribution is -2.40. The van der Waals surface area contributed by atoms with Crippen LogP contribution in [-0.2, 0) is 0 Å². The van der Waals surface area contributed by atoms with Crippen LogP contribution in [0, 0.1) is 5.41 Å². The molecule has 1 aliphatic heterocycles. The molecular weight excluding hydrogens is 256 g/mol. The van der Waals surface area contributed by atoms with Gasteiger partial charge in [-0.2, -0.15) is 15.0 Å². The Balaban J connectivity index is 1.99. The molecule has 2 N–H and O–H groups in total. The molecule has 7 heteroatoms. The Labute approximate surface area is 120 Å². The average Bonchev–Trinajstić information content (AvgIpc) is 2.48. The lowest BCUT2D eigenvalue weighted by atomic mass is 9.80. The Morgan fingerprint density at radius 2 is 1.85 bits per heavy atom. The van der Waals surface area contributed by atoms with Gasteiger partial charge in [0.25, 0.3) is 0 Å². The van der Waals surface area contributed by atoms with Gasteiger partial charge in [0, 0.05) is 13.6 Å². The maximum atomic E-state index is 5.08. The molecule has 20 heavy (non-hydrogen) atoms. The van der Waals surface area contributed by atoms with Crippen LogP contribution in [0.1, 0.15) is 19.8 Å². The van der Waals surface area contributed by atoms with Gasteiger partial charge in [-0.05, 0) is 38.4 Å². The largest absolute Gasteiger partial charge is 0.467 e. The number of rotatable bonds is 5. The van der Waals surface area contributed by atoms with Gasteiger partial charge < -0.3 is 20.3 Å². The van der Waals surface area contributed by atoms with Crippen LogP contribution >= 0.6 is 0 Å². The van der Waals surface area contributed by atoms with Gasteiger partial charge in [-0.15, -0.1) is 0 Å². The molecule has 0 saturated carbocycles. The number of nitrogens with zero attached hydrogens (tertiary/aromatic N) is 4. The molecule has 0 spiro atoms. The molecule has 2 heterocycles. The number of piperidine rings is 1. The first kappa shape index (κ1) is 14.8. The smallest absolute Gasteiger partial charge is 0.322 e. The molecule has 0 bridgehead atoms. The van der Waals surface area contributed by atoms with Crippen LogP contribution in [-0.4, -0.2) is 60.7 Å². The molecule has 1 aliphatic rings. The summed E-state index contributed by atoms with van der Waals surface area (Å²) in [7, 11) is 5.50. The van der Waals surface area contributed by atoms with Crippen LogP contribution in [0.3, 0.4) is 0 Å². The van der Waals surface area contributed by atoms with Gasteiger partial charge >= 0.3 is 6.01 Å². The zero-order chi connectivity index (χ0) is 14.6. The zero-order valence-electron chi connectivity index (χ0n) is 12.7. The van der Waals surface area contributed by atoms with Crippen LogP contribution < -0.4 is 15.4 Å². The van der Waals surface area contributed by atoms with E-state index >= 15 is 0 Å². The Hall–Kier alpha value is -1.63. The van der Waals surface area contributed by atoms with E-state index in [-0.39, 0.29) is 5.41 Å². The summed E-state index contributed by atoms with van der Waals surface area (Å²) in [6, 6.07) is 0.320. The van der Waals surface area contributed by atoms with Crippen molar-refractivity contribution in [2.75, 3.05) is 51.5 Å². The molecule has 0 atom stereocenters. The van der Waals surface area contributed by atoms with Crippen molar-refractivity contribution in [3.8, 4) is 6.01 Å².